The van der Waals surface area contributed by atoms with Gasteiger partial charge in [-0.3, -0.25) is 4.79 Å². The molecule has 0 aliphatic heterocycles. The van der Waals surface area contributed by atoms with E-state index < -0.39 is 0 Å². The Morgan fingerprint density at radius 3 is 2.92 bits per heavy atom. The highest BCUT2D eigenvalue weighted by atomic mass is 79.9. The standard InChI is InChI=1S/C9H16BrNO2/c1-7(10)9(12)11-4-5-13-6-8-2-3-8/h7-8H,2-6H2,1H3,(H,11,12). The highest BCUT2D eigenvalue weighted by Crippen LogP contribution is 2.28. The highest BCUT2D eigenvalue weighted by Gasteiger charge is 2.20. The van der Waals surface area contributed by atoms with Crippen LogP contribution in [0.5, 0.6) is 0 Å². The van der Waals surface area contributed by atoms with Crippen LogP contribution < -0.4 is 5.32 Å². The van der Waals surface area contributed by atoms with Gasteiger partial charge < -0.3 is 10.1 Å². The molecule has 1 atom stereocenters. The number of ether oxygens (including phenoxy) is 1. The maximum Gasteiger partial charge on any atom is 0.233 e. The van der Waals surface area contributed by atoms with E-state index in [2.05, 4.69) is 21.2 Å². The van der Waals surface area contributed by atoms with Crippen molar-refractivity contribution < 1.29 is 9.53 Å². The average molecular weight is 250 g/mol. The van der Waals surface area contributed by atoms with Crippen LogP contribution in [-0.2, 0) is 9.53 Å². The fourth-order valence-electron chi connectivity index (χ4n) is 0.922. The van der Waals surface area contributed by atoms with E-state index in [1.165, 1.54) is 12.8 Å². The molecule has 1 saturated carbocycles. The van der Waals surface area contributed by atoms with Crippen LogP contribution in [0.25, 0.3) is 0 Å². The van der Waals surface area contributed by atoms with Crippen LogP contribution in [0.4, 0.5) is 0 Å². The number of carbonyl (C=O) groups excluding carboxylic acids is 1. The molecule has 1 aliphatic carbocycles. The Kier molecular flexibility index (Phi) is 4.73. The lowest BCUT2D eigenvalue weighted by Gasteiger charge is -2.06. The molecule has 1 aliphatic rings. The molecule has 0 aromatic carbocycles. The van der Waals surface area contributed by atoms with Crippen molar-refractivity contribution >= 4 is 21.8 Å². The molecule has 1 amide bonds. The third-order valence-corrected chi connectivity index (χ3v) is 2.37. The zero-order valence-electron chi connectivity index (χ0n) is 7.88. The van der Waals surface area contributed by atoms with E-state index in [0.717, 1.165) is 12.5 Å². The Balaban J connectivity index is 1.85. The van der Waals surface area contributed by atoms with Gasteiger partial charge in [-0.15, -0.1) is 0 Å². The highest BCUT2D eigenvalue weighted by molar-refractivity contribution is 9.10. The van der Waals surface area contributed by atoms with Crippen LogP contribution in [0.15, 0.2) is 0 Å². The minimum Gasteiger partial charge on any atom is -0.379 e. The summed E-state index contributed by atoms with van der Waals surface area (Å²) in [4.78, 5) is 10.9. The lowest BCUT2D eigenvalue weighted by molar-refractivity contribution is -0.120. The van der Waals surface area contributed by atoms with E-state index in [1.54, 1.807) is 6.92 Å². The molecule has 4 heteroatoms. The number of hydrogen-bond donors (Lipinski definition) is 1. The number of amides is 1. The normalized spacial score (nSPS) is 18.3. The second kappa shape index (κ2) is 5.60. The van der Waals surface area contributed by atoms with E-state index in [4.69, 9.17) is 4.74 Å². The first-order valence-corrected chi connectivity index (χ1v) is 5.61. The molecular formula is C9H16BrNO2. The predicted octanol–water partition coefficient (Wildman–Crippen LogP) is 1.31. The Hall–Kier alpha value is -0.0900. The zero-order valence-corrected chi connectivity index (χ0v) is 9.47. The van der Waals surface area contributed by atoms with Crippen molar-refractivity contribution in [2.24, 2.45) is 5.92 Å². The Labute approximate surface area is 87.3 Å². The van der Waals surface area contributed by atoms with Crippen molar-refractivity contribution in [3.05, 3.63) is 0 Å². The third kappa shape index (κ3) is 5.26. The van der Waals surface area contributed by atoms with Crippen LogP contribution in [0, 0.1) is 5.92 Å². The van der Waals surface area contributed by atoms with Crippen molar-refractivity contribution in [3.8, 4) is 0 Å². The third-order valence-electron chi connectivity index (χ3n) is 1.96. The van der Waals surface area contributed by atoms with Gasteiger partial charge in [0.1, 0.15) is 0 Å². The minimum atomic E-state index is -0.115. The van der Waals surface area contributed by atoms with Crippen LogP contribution in [0.1, 0.15) is 19.8 Å². The quantitative estimate of drug-likeness (QED) is 0.570. The molecule has 0 heterocycles. The van der Waals surface area contributed by atoms with Gasteiger partial charge in [-0.2, -0.15) is 0 Å². The van der Waals surface area contributed by atoms with Crippen molar-refractivity contribution in [2.75, 3.05) is 19.8 Å². The molecule has 76 valence electrons. The smallest absolute Gasteiger partial charge is 0.233 e. The summed E-state index contributed by atoms with van der Waals surface area (Å²) in [6.45, 7) is 3.91. The molecule has 1 rings (SSSR count). The zero-order chi connectivity index (χ0) is 9.68. The van der Waals surface area contributed by atoms with E-state index in [1.807, 2.05) is 0 Å². The van der Waals surface area contributed by atoms with Gasteiger partial charge in [0.2, 0.25) is 5.91 Å². The fraction of sp³-hybridized carbons (Fsp3) is 0.889. The topological polar surface area (TPSA) is 38.3 Å². The number of carbonyl (C=O) groups is 1. The molecule has 0 saturated heterocycles. The second-order valence-electron chi connectivity index (χ2n) is 3.43. The number of nitrogens with one attached hydrogen (secondary N) is 1. The predicted molar refractivity (Wildman–Crippen MR) is 54.9 cm³/mol. The summed E-state index contributed by atoms with van der Waals surface area (Å²) >= 11 is 3.19. The molecule has 3 nitrogen and oxygen atoms in total. The van der Waals surface area contributed by atoms with Crippen molar-refractivity contribution in [2.45, 2.75) is 24.6 Å². The Morgan fingerprint density at radius 1 is 1.69 bits per heavy atom. The van der Waals surface area contributed by atoms with Gasteiger partial charge >= 0.3 is 0 Å². The van der Waals surface area contributed by atoms with Gasteiger partial charge in [0.15, 0.2) is 0 Å². The summed E-state index contributed by atoms with van der Waals surface area (Å²) in [6, 6.07) is 0. The molecule has 1 N–H and O–H groups in total. The largest absolute Gasteiger partial charge is 0.379 e. The number of hydrogen-bond acceptors (Lipinski definition) is 2. The second-order valence-corrected chi connectivity index (χ2v) is 4.80. The summed E-state index contributed by atoms with van der Waals surface area (Å²) < 4.78 is 5.36. The van der Waals surface area contributed by atoms with Gasteiger partial charge in [0.25, 0.3) is 0 Å². The van der Waals surface area contributed by atoms with Gasteiger partial charge in [-0.1, -0.05) is 15.9 Å². The first-order valence-electron chi connectivity index (χ1n) is 4.69. The first kappa shape index (κ1) is 11.0. The first-order chi connectivity index (χ1) is 6.20. The van der Waals surface area contributed by atoms with Crippen LogP contribution in [-0.4, -0.2) is 30.5 Å². The molecule has 0 aromatic heterocycles. The molecule has 0 spiro atoms. The molecule has 0 aromatic rings. The van der Waals surface area contributed by atoms with Gasteiger partial charge in [0, 0.05) is 13.2 Å². The molecular weight excluding hydrogens is 234 g/mol. The summed E-state index contributed by atoms with van der Waals surface area (Å²) in [5.41, 5.74) is 0. The summed E-state index contributed by atoms with van der Waals surface area (Å²) in [7, 11) is 0. The van der Waals surface area contributed by atoms with E-state index in [9.17, 15) is 4.79 Å². The monoisotopic (exact) mass is 249 g/mol. The van der Waals surface area contributed by atoms with Gasteiger partial charge in [-0.25, -0.2) is 0 Å². The maximum absolute atomic E-state index is 11.0. The van der Waals surface area contributed by atoms with Crippen LogP contribution in [0.2, 0.25) is 0 Å². The fourth-order valence-corrected chi connectivity index (χ4v) is 1.08. The van der Waals surface area contributed by atoms with Crippen molar-refractivity contribution in [1.29, 1.82) is 0 Å². The Bertz CT molecular complexity index is 169. The van der Waals surface area contributed by atoms with Crippen LogP contribution in [0.3, 0.4) is 0 Å². The summed E-state index contributed by atoms with van der Waals surface area (Å²) in [5.74, 6) is 0.820. The van der Waals surface area contributed by atoms with Gasteiger partial charge in [-0.05, 0) is 25.7 Å². The molecule has 0 radical (unpaired) electrons. The SMILES string of the molecule is CC(Br)C(=O)NCCOCC1CC1. The van der Waals surface area contributed by atoms with Crippen molar-refractivity contribution in [3.63, 3.8) is 0 Å². The summed E-state index contributed by atoms with van der Waals surface area (Å²) in [5, 5.41) is 2.77. The number of halogens is 1. The van der Waals surface area contributed by atoms with E-state index >= 15 is 0 Å². The minimum absolute atomic E-state index is 0.0232. The average Bonchev–Trinajstić information content (AvgIpc) is 2.87. The number of alkyl halides is 1. The molecule has 0 bridgehead atoms. The maximum atomic E-state index is 11.0. The van der Waals surface area contributed by atoms with Gasteiger partial charge in [0.05, 0.1) is 11.4 Å². The molecule has 1 unspecified atom stereocenters. The van der Waals surface area contributed by atoms with Crippen LogP contribution >= 0.6 is 15.9 Å². The Morgan fingerprint density at radius 2 is 2.38 bits per heavy atom. The number of rotatable bonds is 6. The summed E-state index contributed by atoms with van der Waals surface area (Å²) in [6.07, 6.45) is 2.62. The van der Waals surface area contributed by atoms with E-state index in [0.29, 0.717) is 13.2 Å². The molecule has 1 fully saturated rings. The van der Waals surface area contributed by atoms with Crippen molar-refractivity contribution in [1.82, 2.24) is 5.32 Å². The molecule has 13 heavy (non-hydrogen) atoms. The lowest BCUT2D eigenvalue weighted by Crippen LogP contribution is -2.32. The lowest BCUT2D eigenvalue weighted by atomic mass is 10.4. The van der Waals surface area contributed by atoms with E-state index in [-0.39, 0.29) is 10.7 Å².